The maximum Gasteiger partial charge on any atom is 0.411 e. The van der Waals surface area contributed by atoms with Gasteiger partial charge in [-0.2, -0.15) is 0 Å². The van der Waals surface area contributed by atoms with Crippen LogP contribution in [-0.4, -0.2) is 41.1 Å². The number of likely N-dealkylation sites (tertiary alicyclic amines) is 1. The number of benzene rings is 1. The summed E-state index contributed by atoms with van der Waals surface area (Å²) >= 11 is 0. The SMILES string of the molecule is CC(C)(C)OC(=O)N1CC(F)(F)C[C@@H]1C(=O)OCc1ccccc1. The highest BCUT2D eigenvalue weighted by atomic mass is 19.3. The van der Waals surface area contributed by atoms with E-state index in [0.717, 1.165) is 10.5 Å². The van der Waals surface area contributed by atoms with Gasteiger partial charge in [-0.1, -0.05) is 30.3 Å². The molecule has 0 radical (unpaired) electrons. The molecule has 0 spiro atoms. The molecule has 1 aliphatic heterocycles. The van der Waals surface area contributed by atoms with Gasteiger partial charge in [-0.05, 0) is 26.3 Å². The fourth-order valence-corrected chi connectivity index (χ4v) is 2.36. The first kappa shape index (κ1) is 18.2. The van der Waals surface area contributed by atoms with E-state index in [2.05, 4.69) is 0 Å². The van der Waals surface area contributed by atoms with Gasteiger partial charge in [0.25, 0.3) is 5.92 Å². The third-order valence-corrected chi connectivity index (χ3v) is 3.39. The lowest BCUT2D eigenvalue weighted by Crippen LogP contribution is -2.44. The van der Waals surface area contributed by atoms with E-state index in [9.17, 15) is 18.4 Å². The van der Waals surface area contributed by atoms with E-state index < -0.39 is 42.6 Å². The highest BCUT2D eigenvalue weighted by molar-refractivity contribution is 5.82. The first-order valence-corrected chi connectivity index (χ1v) is 7.65. The van der Waals surface area contributed by atoms with Crippen molar-refractivity contribution in [3.8, 4) is 0 Å². The maximum absolute atomic E-state index is 13.7. The monoisotopic (exact) mass is 341 g/mol. The average molecular weight is 341 g/mol. The molecule has 1 fully saturated rings. The lowest BCUT2D eigenvalue weighted by atomic mass is 10.2. The molecule has 1 amide bonds. The summed E-state index contributed by atoms with van der Waals surface area (Å²) in [6.07, 6.45) is -1.71. The number of hydrogen-bond donors (Lipinski definition) is 0. The molecule has 132 valence electrons. The van der Waals surface area contributed by atoms with E-state index in [4.69, 9.17) is 9.47 Å². The Labute approximate surface area is 139 Å². The van der Waals surface area contributed by atoms with Crippen molar-refractivity contribution in [1.29, 1.82) is 0 Å². The van der Waals surface area contributed by atoms with Gasteiger partial charge in [0.15, 0.2) is 0 Å². The molecule has 0 aliphatic carbocycles. The molecule has 2 rings (SSSR count). The number of carbonyl (C=O) groups is 2. The van der Waals surface area contributed by atoms with Crippen molar-refractivity contribution >= 4 is 12.1 Å². The van der Waals surface area contributed by atoms with Crippen molar-refractivity contribution in [1.82, 2.24) is 4.90 Å². The van der Waals surface area contributed by atoms with Gasteiger partial charge in [0.2, 0.25) is 0 Å². The molecule has 1 atom stereocenters. The summed E-state index contributed by atoms with van der Waals surface area (Å²) in [7, 11) is 0. The summed E-state index contributed by atoms with van der Waals surface area (Å²) < 4.78 is 37.6. The number of hydrogen-bond acceptors (Lipinski definition) is 4. The molecular weight excluding hydrogens is 320 g/mol. The van der Waals surface area contributed by atoms with Crippen LogP contribution in [0.3, 0.4) is 0 Å². The van der Waals surface area contributed by atoms with Crippen LogP contribution in [0.25, 0.3) is 0 Å². The number of carbonyl (C=O) groups excluding carboxylic acids is 2. The molecule has 5 nitrogen and oxygen atoms in total. The van der Waals surface area contributed by atoms with Crippen molar-refractivity contribution in [2.75, 3.05) is 6.54 Å². The molecule has 0 bridgehead atoms. The summed E-state index contributed by atoms with van der Waals surface area (Å²) in [6.45, 7) is 3.99. The maximum atomic E-state index is 13.7. The van der Waals surface area contributed by atoms with Gasteiger partial charge in [0.05, 0.1) is 6.54 Å². The standard InChI is InChI=1S/C17H21F2NO4/c1-16(2,3)24-15(22)20-11-17(18,19)9-13(20)14(21)23-10-12-7-5-4-6-8-12/h4-8,13H,9-11H2,1-3H3/t13-/m1/s1. The molecule has 24 heavy (non-hydrogen) atoms. The molecule has 1 aromatic rings. The van der Waals surface area contributed by atoms with Crippen molar-refractivity contribution in [2.24, 2.45) is 0 Å². The summed E-state index contributed by atoms with van der Waals surface area (Å²) in [5.74, 6) is -4.00. The fraction of sp³-hybridized carbons (Fsp3) is 0.529. The smallest absolute Gasteiger partial charge is 0.411 e. The van der Waals surface area contributed by atoms with Crippen molar-refractivity contribution in [2.45, 2.75) is 51.4 Å². The first-order valence-electron chi connectivity index (χ1n) is 7.65. The highest BCUT2D eigenvalue weighted by Gasteiger charge is 2.51. The number of nitrogens with zero attached hydrogens (tertiary/aromatic N) is 1. The second kappa shape index (κ2) is 6.75. The third kappa shape index (κ3) is 4.91. The predicted molar refractivity (Wildman–Crippen MR) is 82.5 cm³/mol. The summed E-state index contributed by atoms with van der Waals surface area (Å²) in [5.41, 5.74) is -0.104. The van der Waals surface area contributed by atoms with Gasteiger partial charge in [-0.15, -0.1) is 0 Å². The van der Waals surface area contributed by atoms with E-state index in [1.54, 1.807) is 45.0 Å². The zero-order valence-electron chi connectivity index (χ0n) is 13.9. The summed E-state index contributed by atoms with van der Waals surface area (Å²) in [6, 6.07) is 7.52. The lowest BCUT2D eigenvalue weighted by Gasteiger charge is -2.27. The molecule has 1 aliphatic rings. The van der Waals surface area contributed by atoms with Crippen molar-refractivity contribution < 1.29 is 27.8 Å². The van der Waals surface area contributed by atoms with E-state index in [1.165, 1.54) is 0 Å². The first-order chi connectivity index (χ1) is 11.1. The van der Waals surface area contributed by atoms with Gasteiger partial charge in [0.1, 0.15) is 18.2 Å². The van der Waals surface area contributed by atoms with E-state index in [-0.39, 0.29) is 6.61 Å². The van der Waals surface area contributed by atoms with Crippen LogP contribution in [0.2, 0.25) is 0 Å². The average Bonchev–Trinajstić information content (AvgIpc) is 2.80. The van der Waals surface area contributed by atoms with Gasteiger partial charge in [-0.25, -0.2) is 18.4 Å². The summed E-state index contributed by atoms with van der Waals surface area (Å²) in [4.78, 5) is 25.0. The van der Waals surface area contributed by atoms with Gasteiger partial charge < -0.3 is 9.47 Å². The Balaban J connectivity index is 2.04. The van der Waals surface area contributed by atoms with Crippen molar-refractivity contribution in [3.05, 3.63) is 35.9 Å². The van der Waals surface area contributed by atoms with Gasteiger partial charge >= 0.3 is 12.1 Å². The van der Waals surface area contributed by atoms with Crippen LogP contribution in [0, 0.1) is 0 Å². The second-order valence-electron chi connectivity index (χ2n) is 6.78. The molecule has 0 aromatic heterocycles. The quantitative estimate of drug-likeness (QED) is 0.791. The van der Waals surface area contributed by atoms with Crippen LogP contribution in [0.4, 0.5) is 13.6 Å². The molecule has 1 heterocycles. The number of halogens is 2. The number of amides is 1. The Kier molecular flexibility index (Phi) is 5.11. The molecule has 0 unspecified atom stereocenters. The largest absolute Gasteiger partial charge is 0.459 e. The van der Waals surface area contributed by atoms with Crippen LogP contribution in [-0.2, 0) is 20.9 Å². The minimum absolute atomic E-state index is 0.0378. The number of alkyl halides is 2. The molecule has 1 saturated heterocycles. The second-order valence-corrected chi connectivity index (χ2v) is 6.78. The molecule has 0 N–H and O–H groups in total. The summed E-state index contributed by atoms with van der Waals surface area (Å²) in [5, 5.41) is 0. The Bertz CT molecular complexity index is 598. The minimum atomic E-state index is -3.15. The van der Waals surface area contributed by atoms with Gasteiger partial charge in [-0.3, -0.25) is 4.90 Å². The Morgan fingerprint density at radius 2 is 1.88 bits per heavy atom. The number of rotatable bonds is 3. The minimum Gasteiger partial charge on any atom is -0.459 e. The van der Waals surface area contributed by atoms with Crippen molar-refractivity contribution in [3.63, 3.8) is 0 Å². The lowest BCUT2D eigenvalue weighted by molar-refractivity contribution is -0.150. The van der Waals surface area contributed by atoms with E-state index >= 15 is 0 Å². The van der Waals surface area contributed by atoms with Crippen LogP contribution < -0.4 is 0 Å². The van der Waals surface area contributed by atoms with Crippen LogP contribution in [0.15, 0.2) is 30.3 Å². The van der Waals surface area contributed by atoms with Crippen LogP contribution in [0.5, 0.6) is 0 Å². The third-order valence-electron chi connectivity index (χ3n) is 3.39. The Morgan fingerprint density at radius 1 is 1.25 bits per heavy atom. The molecule has 7 heteroatoms. The predicted octanol–water partition coefficient (Wildman–Crippen LogP) is 3.37. The molecule has 1 aromatic carbocycles. The van der Waals surface area contributed by atoms with Crippen LogP contribution >= 0.6 is 0 Å². The fourth-order valence-electron chi connectivity index (χ4n) is 2.36. The Hall–Kier alpha value is -2.18. The van der Waals surface area contributed by atoms with Gasteiger partial charge in [0, 0.05) is 6.42 Å². The highest BCUT2D eigenvalue weighted by Crippen LogP contribution is 2.33. The Morgan fingerprint density at radius 3 is 2.46 bits per heavy atom. The van der Waals surface area contributed by atoms with Crippen LogP contribution in [0.1, 0.15) is 32.8 Å². The zero-order valence-corrected chi connectivity index (χ0v) is 13.9. The van der Waals surface area contributed by atoms with E-state index in [0.29, 0.717) is 0 Å². The number of ether oxygens (including phenoxy) is 2. The molecular formula is C17H21F2NO4. The topological polar surface area (TPSA) is 55.8 Å². The molecule has 0 saturated carbocycles. The number of esters is 1. The normalized spacial score (nSPS) is 19.9. The zero-order chi connectivity index (χ0) is 18.0. The van der Waals surface area contributed by atoms with E-state index in [1.807, 2.05) is 6.07 Å².